The number of nitrogens with zero attached hydrogens (tertiary/aromatic N) is 4. The van der Waals surface area contributed by atoms with E-state index in [1.54, 1.807) is 18.1 Å². The van der Waals surface area contributed by atoms with Crippen molar-refractivity contribution in [1.29, 1.82) is 0 Å². The Morgan fingerprint density at radius 2 is 2.00 bits per heavy atom. The standard InChI is InChI=1S/C23H29N7OS2/c1-15(2)10-18(12-31)27-20-19-21(28-22(33-19)25-9-8-17-11-24-14-26-17)30-23(29-20)32-13-16-6-4-3-5-7-16/h3-7,11,14-15,18,31H,8-10,12-13H2,1-2H3,(H,24,26)(H2,25,27,28,29,30)/t18-/m1/s1. The second kappa shape index (κ2) is 11.4. The van der Waals surface area contributed by atoms with Crippen molar-refractivity contribution in [2.24, 2.45) is 5.92 Å². The third-order valence-corrected chi connectivity index (χ3v) is 6.91. The number of rotatable bonds is 12. The molecule has 0 unspecified atom stereocenters. The van der Waals surface area contributed by atoms with Crippen LogP contribution >= 0.6 is 23.1 Å². The summed E-state index contributed by atoms with van der Waals surface area (Å²) in [6.07, 6.45) is 5.19. The molecule has 1 aromatic carbocycles. The average molecular weight is 484 g/mol. The Kier molecular flexibility index (Phi) is 8.14. The molecule has 10 heteroatoms. The van der Waals surface area contributed by atoms with Gasteiger partial charge in [0, 0.05) is 30.6 Å². The molecule has 0 bridgehead atoms. The highest BCUT2D eigenvalue weighted by Gasteiger charge is 2.18. The highest BCUT2D eigenvalue weighted by Crippen LogP contribution is 2.33. The Bertz CT molecular complexity index is 1130. The number of aliphatic hydroxyl groups excluding tert-OH is 1. The maximum atomic E-state index is 9.90. The Morgan fingerprint density at radius 3 is 2.73 bits per heavy atom. The minimum Gasteiger partial charge on any atom is -0.394 e. The maximum Gasteiger partial charge on any atom is 0.191 e. The highest BCUT2D eigenvalue weighted by molar-refractivity contribution is 7.98. The third-order valence-electron chi connectivity index (χ3n) is 4.99. The second-order valence-corrected chi connectivity index (χ2v) is 10.1. The van der Waals surface area contributed by atoms with Crippen molar-refractivity contribution in [3.05, 3.63) is 54.1 Å². The Hall–Kier alpha value is -2.69. The van der Waals surface area contributed by atoms with Gasteiger partial charge in [-0.2, -0.15) is 4.98 Å². The third kappa shape index (κ3) is 6.66. The molecule has 3 aromatic heterocycles. The number of thiazole rings is 1. The van der Waals surface area contributed by atoms with Crippen LogP contribution in [0.5, 0.6) is 0 Å². The number of aliphatic hydroxyl groups is 1. The fourth-order valence-corrected chi connectivity index (χ4v) is 5.11. The van der Waals surface area contributed by atoms with Crippen LogP contribution in [0.4, 0.5) is 10.9 Å². The van der Waals surface area contributed by atoms with E-state index in [0.29, 0.717) is 16.7 Å². The van der Waals surface area contributed by atoms with E-state index in [0.717, 1.165) is 46.5 Å². The summed E-state index contributed by atoms with van der Waals surface area (Å²) in [7, 11) is 0. The van der Waals surface area contributed by atoms with Crippen LogP contribution in [0.2, 0.25) is 0 Å². The van der Waals surface area contributed by atoms with E-state index in [4.69, 9.17) is 15.0 Å². The van der Waals surface area contributed by atoms with Gasteiger partial charge < -0.3 is 20.7 Å². The zero-order valence-electron chi connectivity index (χ0n) is 18.8. The molecule has 174 valence electrons. The fraction of sp³-hybridized carbons (Fsp3) is 0.391. The van der Waals surface area contributed by atoms with Crippen LogP contribution in [0.1, 0.15) is 31.5 Å². The largest absolute Gasteiger partial charge is 0.394 e. The Morgan fingerprint density at radius 1 is 1.15 bits per heavy atom. The summed E-state index contributed by atoms with van der Waals surface area (Å²) in [4.78, 5) is 21.4. The number of nitrogens with one attached hydrogen (secondary N) is 3. The van der Waals surface area contributed by atoms with Crippen LogP contribution in [-0.2, 0) is 12.2 Å². The molecule has 4 aromatic rings. The monoisotopic (exact) mass is 483 g/mol. The molecule has 3 heterocycles. The molecule has 0 amide bonds. The summed E-state index contributed by atoms with van der Waals surface area (Å²) >= 11 is 3.11. The van der Waals surface area contributed by atoms with Gasteiger partial charge in [0.1, 0.15) is 4.70 Å². The molecule has 4 N–H and O–H groups in total. The number of thioether (sulfide) groups is 1. The topological polar surface area (TPSA) is 112 Å². The maximum absolute atomic E-state index is 9.90. The van der Waals surface area contributed by atoms with E-state index in [2.05, 4.69) is 46.6 Å². The lowest BCUT2D eigenvalue weighted by Gasteiger charge is -2.19. The number of aromatic amines is 1. The van der Waals surface area contributed by atoms with Crippen LogP contribution in [0.3, 0.4) is 0 Å². The van der Waals surface area contributed by atoms with E-state index in [1.807, 2.05) is 24.4 Å². The van der Waals surface area contributed by atoms with Crippen LogP contribution in [-0.4, -0.2) is 49.2 Å². The summed E-state index contributed by atoms with van der Waals surface area (Å²) < 4.78 is 0.894. The quantitative estimate of drug-likeness (QED) is 0.171. The molecule has 0 aliphatic heterocycles. The normalized spacial score (nSPS) is 12.4. The van der Waals surface area contributed by atoms with Crippen molar-refractivity contribution in [3.63, 3.8) is 0 Å². The molecule has 8 nitrogen and oxygen atoms in total. The van der Waals surface area contributed by atoms with Crippen molar-refractivity contribution in [2.45, 2.75) is 43.6 Å². The van der Waals surface area contributed by atoms with Gasteiger partial charge in [-0.15, -0.1) is 0 Å². The van der Waals surface area contributed by atoms with Gasteiger partial charge in [-0.1, -0.05) is 67.3 Å². The van der Waals surface area contributed by atoms with Gasteiger partial charge in [-0.05, 0) is 17.9 Å². The van der Waals surface area contributed by atoms with Crippen molar-refractivity contribution >= 4 is 44.4 Å². The zero-order chi connectivity index (χ0) is 23.0. The number of H-pyrrole nitrogens is 1. The smallest absolute Gasteiger partial charge is 0.191 e. The number of aromatic nitrogens is 5. The number of benzene rings is 1. The second-order valence-electron chi connectivity index (χ2n) is 8.21. The molecule has 0 aliphatic carbocycles. The SMILES string of the molecule is CC(C)C[C@H](CO)Nc1nc(SCc2ccccc2)nc2nc(NCCc3cnc[nH]3)sc12. The van der Waals surface area contributed by atoms with Gasteiger partial charge in [0.15, 0.2) is 21.8 Å². The number of hydrogen-bond acceptors (Lipinski definition) is 9. The molecule has 0 saturated carbocycles. The number of fused-ring (bicyclic) bond motifs is 1. The highest BCUT2D eigenvalue weighted by atomic mass is 32.2. The number of imidazole rings is 1. The molecule has 0 radical (unpaired) electrons. The first-order valence-electron chi connectivity index (χ1n) is 11.0. The molecule has 4 rings (SSSR count). The molecule has 0 spiro atoms. The lowest BCUT2D eigenvalue weighted by molar-refractivity contribution is 0.259. The van der Waals surface area contributed by atoms with Gasteiger partial charge in [0.05, 0.1) is 19.0 Å². The van der Waals surface area contributed by atoms with Crippen molar-refractivity contribution in [3.8, 4) is 0 Å². The Balaban J connectivity index is 1.55. The van der Waals surface area contributed by atoms with Gasteiger partial charge >= 0.3 is 0 Å². The van der Waals surface area contributed by atoms with Crippen LogP contribution in [0.25, 0.3) is 10.3 Å². The van der Waals surface area contributed by atoms with Crippen molar-refractivity contribution in [2.75, 3.05) is 23.8 Å². The van der Waals surface area contributed by atoms with Crippen LogP contribution < -0.4 is 10.6 Å². The molecule has 33 heavy (non-hydrogen) atoms. The first-order valence-corrected chi connectivity index (χ1v) is 12.8. The molecular formula is C23H29N7OS2. The zero-order valence-corrected chi connectivity index (χ0v) is 20.4. The van der Waals surface area contributed by atoms with E-state index >= 15 is 0 Å². The van der Waals surface area contributed by atoms with E-state index < -0.39 is 0 Å². The van der Waals surface area contributed by atoms with Gasteiger partial charge in [-0.3, -0.25) is 0 Å². The summed E-state index contributed by atoms with van der Waals surface area (Å²) in [5.74, 6) is 1.97. The minimum absolute atomic E-state index is 0.0459. The fourth-order valence-electron chi connectivity index (χ4n) is 3.43. The van der Waals surface area contributed by atoms with Gasteiger partial charge in [-0.25, -0.2) is 15.0 Å². The summed E-state index contributed by atoms with van der Waals surface area (Å²) in [5.41, 5.74) is 2.95. The lowest BCUT2D eigenvalue weighted by atomic mass is 10.0. The molecular weight excluding hydrogens is 454 g/mol. The van der Waals surface area contributed by atoms with Crippen molar-refractivity contribution < 1.29 is 5.11 Å². The average Bonchev–Trinajstić information content (AvgIpc) is 3.47. The number of anilines is 2. The van der Waals surface area contributed by atoms with E-state index in [9.17, 15) is 5.11 Å². The number of hydrogen-bond donors (Lipinski definition) is 4. The predicted molar refractivity (Wildman–Crippen MR) is 136 cm³/mol. The van der Waals surface area contributed by atoms with E-state index in [1.165, 1.54) is 16.9 Å². The minimum atomic E-state index is -0.0750. The predicted octanol–water partition coefficient (Wildman–Crippen LogP) is 4.58. The molecule has 1 atom stereocenters. The lowest BCUT2D eigenvalue weighted by Crippen LogP contribution is -2.26. The van der Waals surface area contributed by atoms with Crippen molar-refractivity contribution in [1.82, 2.24) is 24.9 Å². The van der Waals surface area contributed by atoms with E-state index in [-0.39, 0.29) is 12.6 Å². The summed E-state index contributed by atoms with van der Waals surface area (Å²) in [6, 6.07) is 10.2. The Labute approximate surface area is 201 Å². The first-order chi connectivity index (χ1) is 16.1. The van der Waals surface area contributed by atoms with Crippen LogP contribution in [0.15, 0.2) is 48.0 Å². The molecule has 0 aliphatic rings. The van der Waals surface area contributed by atoms with Gasteiger partial charge in [0.25, 0.3) is 0 Å². The first kappa shape index (κ1) is 23.5. The van der Waals surface area contributed by atoms with Gasteiger partial charge in [0.2, 0.25) is 0 Å². The molecule has 0 fully saturated rings. The van der Waals surface area contributed by atoms with Crippen LogP contribution in [0, 0.1) is 5.92 Å². The molecule has 0 saturated heterocycles. The summed E-state index contributed by atoms with van der Waals surface area (Å²) in [6.45, 7) is 5.08. The summed E-state index contributed by atoms with van der Waals surface area (Å²) in [5, 5.41) is 18.2.